The van der Waals surface area contributed by atoms with Crippen LogP contribution in [0.15, 0.2) is 42.5 Å². The van der Waals surface area contributed by atoms with Crippen molar-refractivity contribution in [3.63, 3.8) is 0 Å². The monoisotopic (exact) mass is 501 g/mol. The minimum atomic E-state index is -0.494. The van der Waals surface area contributed by atoms with Crippen LogP contribution in [0, 0.1) is 13.8 Å². The van der Waals surface area contributed by atoms with Gasteiger partial charge in [0, 0.05) is 54.6 Å². The number of carbonyl (C=O) groups is 3. The molecule has 3 aromatic rings. The molecular weight excluding hydrogens is 470 g/mol. The molecule has 0 aliphatic carbocycles. The van der Waals surface area contributed by atoms with E-state index >= 15 is 0 Å². The molecule has 37 heavy (non-hydrogen) atoms. The summed E-state index contributed by atoms with van der Waals surface area (Å²) in [7, 11) is 1.73. The maximum atomic E-state index is 13.1. The van der Waals surface area contributed by atoms with Crippen LogP contribution in [-0.2, 0) is 10.2 Å². The number of aryl methyl sites for hydroxylation is 2. The van der Waals surface area contributed by atoms with Crippen LogP contribution in [0.4, 0.5) is 33.5 Å². The fourth-order valence-corrected chi connectivity index (χ4v) is 4.38. The molecule has 4 N–H and O–H groups in total. The predicted octanol–water partition coefficient (Wildman–Crippen LogP) is 4.68. The molecule has 0 saturated carbocycles. The van der Waals surface area contributed by atoms with Crippen LogP contribution in [0.1, 0.15) is 48.1 Å². The van der Waals surface area contributed by atoms with E-state index in [9.17, 15) is 14.4 Å². The molecule has 1 aliphatic heterocycles. The molecule has 0 unspecified atom stereocenters. The standard InChI is InChI=1S/C27H31N7O3/c1-15-7-8-18(11-21(15)32-26(37)33-24-13-23(28-6)29-16(2)30-24)25(36)31-19-9-10-20-22(12-19)34(17(3)35)14-27(20,4)5/h7-13H,14H2,1-6H3,(H,31,36)(H3,28,29,30,32,33,37). The lowest BCUT2D eigenvalue weighted by molar-refractivity contribution is -0.116. The molecule has 0 saturated heterocycles. The second-order valence-electron chi connectivity index (χ2n) is 9.72. The Morgan fingerprint density at radius 3 is 2.35 bits per heavy atom. The second-order valence-corrected chi connectivity index (χ2v) is 9.72. The summed E-state index contributed by atoms with van der Waals surface area (Å²) in [4.78, 5) is 48.0. The summed E-state index contributed by atoms with van der Waals surface area (Å²) < 4.78 is 0. The SMILES string of the molecule is CNc1cc(NC(=O)Nc2cc(C(=O)Nc3ccc4c(c3)N(C(C)=O)CC4(C)C)ccc2C)nc(C)n1. The van der Waals surface area contributed by atoms with E-state index in [0.717, 1.165) is 16.8 Å². The smallest absolute Gasteiger partial charge is 0.324 e. The molecule has 0 bridgehead atoms. The average Bonchev–Trinajstić information content (AvgIpc) is 3.10. The summed E-state index contributed by atoms with van der Waals surface area (Å²) in [5.41, 5.74) is 3.94. The van der Waals surface area contributed by atoms with E-state index in [1.54, 1.807) is 50.1 Å². The van der Waals surface area contributed by atoms with Gasteiger partial charge >= 0.3 is 6.03 Å². The molecule has 4 rings (SSSR count). The van der Waals surface area contributed by atoms with Crippen molar-refractivity contribution < 1.29 is 14.4 Å². The van der Waals surface area contributed by atoms with Crippen molar-refractivity contribution in [1.82, 2.24) is 9.97 Å². The number of anilines is 5. The minimum absolute atomic E-state index is 0.0397. The molecule has 192 valence electrons. The molecule has 0 radical (unpaired) electrons. The van der Waals surface area contributed by atoms with Gasteiger partial charge in [0.1, 0.15) is 17.5 Å². The van der Waals surface area contributed by atoms with Crippen molar-refractivity contribution in [2.45, 2.75) is 40.0 Å². The highest BCUT2D eigenvalue weighted by Crippen LogP contribution is 2.41. The van der Waals surface area contributed by atoms with Crippen molar-refractivity contribution in [3.05, 3.63) is 65.0 Å². The maximum Gasteiger partial charge on any atom is 0.324 e. The Balaban J connectivity index is 1.49. The number of amides is 4. The fourth-order valence-electron chi connectivity index (χ4n) is 4.38. The summed E-state index contributed by atoms with van der Waals surface area (Å²) in [6.45, 7) is 9.89. The average molecular weight is 502 g/mol. The van der Waals surface area contributed by atoms with Gasteiger partial charge in [0.25, 0.3) is 5.91 Å². The number of urea groups is 1. The molecule has 10 nitrogen and oxygen atoms in total. The highest BCUT2D eigenvalue weighted by molar-refractivity contribution is 6.07. The topological polar surface area (TPSA) is 128 Å². The second kappa shape index (κ2) is 9.88. The highest BCUT2D eigenvalue weighted by Gasteiger charge is 2.37. The van der Waals surface area contributed by atoms with Gasteiger partial charge in [-0.05, 0) is 49.2 Å². The third-order valence-corrected chi connectivity index (χ3v) is 6.29. The number of hydrogen-bond acceptors (Lipinski definition) is 6. The summed E-state index contributed by atoms with van der Waals surface area (Å²) in [5.74, 6) is 1.07. The summed E-state index contributed by atoms with van der Waals surface area (Å²) in [5, 5.41) is 11.3. The first-order valence-electron chi connectivity index (χ1n) is 11.9. The van der Waals surface area contributed by atoms with Crippen molar-refractivity contribution in [2.24, 2.45) is 0 Å². The number of fused-ring (bicyclic) bond motifs is 1. The van der Waals surface area contributed by atoms with Crippen molar-refractivity contribution >= 4 is 46.5 Å². The van der Waals surface area contributed by atoms with Crippen LogP contribution in [-0.4, -0.2) is 41.4 Å². The highest BCUT2D eigenvalue weighted by atomic mass is 16.2. The molecule has 0 fully saturated rings. The summed E-state index contributed by atoms with van der Waals surface area (Å²) in [6.07, 6.45) is 0. The normalized spacial score (nSPS) is 13.5. The van der Waals surface area contributed by atoms with Crippen LogP contribution in [0.2, 0.25) is 0 Å². The molecule has 2 aromatic carbocycles. The van der Waals surface area contributed by atoms with Gasteiger partial charge in [-0.1, -0.05) is 26.0 Å². The van der Waals surface area contributed by atoms with E-state index in [2.05, 4.69) is 45.1 Å². The molecule has 0 atom stereocenters. The molecule has 2 heterocycles. The molecule has 10 heteroatoms. The van der Waals surface area contributed by atoms with Gasteiger partial charge < -0.3 is 20.9 Å². The molecule has 1 aliphatic rings. The quantitative estimate of drug-likeness (QED) is 0.402. The van der Waals surface area contributed by atoms with Crippen LogP contribution >= 0.6 is 0 Å². The van der Waals surface area contributed by atoms with E-state index in [1.165, 1.54) is 0 Å². The van der Waals surface area contributed by atoms with Gasteiger partial charge in [-0.2, -0.15) is 0 Å². The zero-order valence-corrected chi connectivity index (χ0v) is 21.8. The lowest BCUT2D eigenvalue weighted by Crippen LogP contribution is -2.32. The van der Waals surface area contributed by atoms with Gasteiger partial charge in [-0.25, -0.2) is 14.8 Å². The van der Waals surface area contributed by atoms with E-state index in [1.807, 2.05) is 25.1 Å². The first kappa shape index (κ1) is 25.6. The van der Waals surface area contributed by atoms with Crippen molar-refractivity contribution in [1.29, 1.82) is 0 Å². The predicted molar refractivity (Wildman–Crippen MR) is 146 cm³/mol. The van der Waals surface area contributed by atoms with Crippen LogP contribution in [0.3, 0.4) is 0 Å². The van der Waals surface area contributed by atoms with Gasteiger partial charge in [0.2, 0.25) is 5.91 Å². The van der Waals surface area contributed by atoms with Gasteiger partial charge in [-0.15, -0.1) is 0 Å². The van der Waals surface area contributed by atoms with Crippen LogP contribution in [0.25, 0.3) is 0 Å². The van der Waals surface area contributed by atoms with E-state index in [4.69, 9.17) is 0 Å². The van der Waals surface area contributed by atoms with Crippen LogP contribution < -0.4 is 26.2 Å². The molecule has 1 aromatic heterocycles. The summed E-state index contributed by atoms with van der Waals surface area (Å²) in [6, 6.07) is 11.8. The van der Waals surface area contributed by atoms with Gasteiger partial charge in [0.05, 0.1) is 0 Å². The number of carbonyl (C=O) groups excluding carboxylic acids is 3. The number of hydrogen-bond donors (Lipinski definition) is 4. The molecule has 4 amide bonds. The zero-order chi connectivity index (χ0) is 26.9. The fraction of sp³-hybridized carbons (Fsp3) is 0.296. The first-order valence-corrected chi connectivity index (χ1v) is 11.9. The molecule has 0 spiro atoms. The number of nitrogens with zero attached hydrogens (tertiary/aromatic N) is 3. The maximum absolute atomic E-state index is 13.1. The van der Waals surface area contributed by atoms with Gasteiger partial charge in [0.15, 0.2) is 0 Å². The Bertz CT molecular complexity index is 1400. The molecular formula is C27H31N7O3. The van der Waals surface area contributed by atoms with E-state index < -0.39 is 6.03 Å². The number of benzene rings is 2. The third-order valence-electron chi connectivity index (χ3n) is 6.29. The number of aromatic nitrogens is 2. The van der Waals surface area contributed by atoms with Crippen molar-refractivity contribution in [2.75, 3.05) is 39.8 Å². The Hall–Kier alpha value is -4.47. The Labute approximate surface area is 215 Å². The lowest BCUT2D eigenvalue weighted by Gasteiger charge is -2.19. The first-order chi connectivity index (χ1) is 17.5. The van der Waals surface area contributed by atoms with Gasteiger partial charge in [-0.3, -0.25) is 14.9 Å². The zero-order valence-electron chi connectivity index (χ0n) is 21.8. The summed E-state index contributed by atoms with van der Waals surface area (Å²) >= 11 is 0. The number of nitrogens with one attached hydrogen (secondary N) is 4. The third kappa shape index (κ3) is 5.53. The number of rotatable bonds is 5. The van der Waals surface area contributed by atoms with Crippen LogP contribution in [0.5, 0.6) is 0 Å². The van der Waals surface area contributed by atoms with E-state index in [0.29, 0.717) is 40.9 Å². The Kier molecular flexibility index (Phi) is 6.84. The lowest BCUT2D eigenvalue weighted by atomic mass is 9.87. The Morgan fingerprint density at radius 1 is 0.919 bits per heavy atom. The van der Waals surface area contributed by atoms with E-state index in [-0.39, 0.29) is 17.2 Å². The Morgan fingerprint density at radius 2 is 1.65 bits per heavy atom. The van der Waals surface area contributed by atoms with Crippen molar-refractivity contribution in [3.8, 4) is 0 Å². The largest absolute Gasteiger partial charge is 0.373 e. The minimum Gasteiger partial charge on any atom is -0.373 e.